The summed E-state index contributed by atoms with van der Waals surface area (Å²) in [7, 11) is -0.769. The number of hydrogen-bond donors (Lipinski definition) is 1. The zero-order chi connectivity index (χ0) is 13.2. The summed E-state index contributed by atoms with van der Waals surface area (Å²) in [5, 5.41) is 3.75. The summed E-state index contributed by atoms with van der Waals surface area (Å²) in [6, 6.07) is 6.14. The highest BCUT2D eigenvalue weighted by molar-refractivity contribution is 7.85. The predicted molar refractivity (Wildman–Crippen MR) is 75.3 cm³/mol. The fourth-order valence-corrected chi connectivity index (χ4v) is 3.82. The molecule has 3 atom stereocenters. The van der Waals surface area contributed by atoms with Crippen LogP contribution in [0.15, 0.2) is 18.2 Å². The van der Waals surface area contributed by atoms with Crippen LogP contribution >= 0.6 is 0 Å². The van der Waals surface area contributed by atoms with Crippen LogP contribution in [0.4, 0.5) is 0 Å². The zero-order valence-electron chi connectivity index (χ0n) is 11.1. The van der Waals surface area contributed by atoms with Gasteiger partial charge in [0, 0.05) is 27.8 Å². The molecule has 19 heavy (non-hydrogen) atoms. The van der Waals surface area contributed by atoms with E-state index in [-0.39, 0.29) is 11.3 Å². The number of hydrogen-bond acceptors (Lipinski definition) is 4. The van der Waals surface area contributed by atoms with Crippen LogP contribution in [0.1, 0.15) is 24.9 Å². The second-order valence-electron chi connectivity index (χ2n) is 5.06. The van der Waals surface area contributed by atoms with Crippen molar-refractivity contribution < 1.29 is 13.7 Å². The highest BCUT2D eigenvalue weighted by atomic mass is 32.2. The summed E-state index contributed by atoms with van der Waals surface area (Å²) in [6.07, 6.45) is 0.966. The Labute approximate surface area is 115 Å². The number of fused-ring (bicyclic) bond motifs is 1. The third-order valence-electron chi connectivity index (χ3n) is 3.69. The molecule has 0 saturated carbocycles. The summed E-state index contributed by atoms with van der Waals surface area (Å²) in [6.45, 7) is 4.17. The van der Waals surface area contributed by atoms with Crippen molar-refractivity contribution >= 4 is 10.8 Å². The molecule has 2 aliphatic heterocycles. The average Bonchev–Trinajstić information content (AvgIpc) is 2.61. The van der Waals surface area contributed by atoms with Crippen LogP contribution in [0.2, 0.25) is 0 Å². The van der Waals surface area contributed by atoms with Gasteiger partial charge in [-0.2, -0.15) is 0 Å². The molecular formula is C14H19NO3S. The normalized spacial score (nSPS) is 30.7. The first-order chi connectivity index (χ1) is 9.24. The molecule has 3 rings (SSSR count). The number of nitrogens with one attached hydrogen (secondary N) is 1. The molecule has 1 fully saturated rings. The predicted octanol–water partition coefficient (Wildman–Crippen LogP) is 1.63. The smallest absolute Gasteiger partial charge is 0.161 e. The van der Waals surface area contributed by atoms with Gasteiger partial charge >= 0.3 is 0 Å². The van der Waals surface area contributed by atoms with Gasteiger partial charge in [0.2, 0.25) is 0 Å². The van der Waals surface area contributed by atoms with E-state index >= 15 is 0 Å². The molecule has 0 aromatic heterocycles. The van der Waals surface area contributed by atoms with E-state index in [1.807, 2.05) is 18.2 Å². The molecule has 0 aliphatic carbocycles. The number of ether oxygens (including phenoxy) is 2. The Kier molecular flexibility index (Phi) is 3.75. The standard InChI is InChI=1S/C14H19NO3S/c1-10-4-5-15-12(9-19(10)16)11-2-3-13-14(8-11)18-7-6-17-13/h2-3,8,10,12,15H,4-7,9H2,1H3. The molecule has 2 aliphatic rings. The quantitative estimate of drug-likeness (QED) is 0.850. The van der Waals surface area contributed by atoms with Crippen LogP contribution in [0.25, 0.3) is 0 Å². The monoisotopic (exact) mass is 281 g/mol. The molecule has 0 radical (unpaired) electrons. The van der Waals surface area contributed by atoms with Crippen molar-refractivity contribution in [3.8, 4) is 11.5 Å². The summed E-state index contributed by atoms with van der Waals surface area (Å²) < 4.78 is 23.2. The number of benzene rings is 1. The second-order valence-corrected chi connectivity index (χ2v) is 6.96. The van der Waals surface area contributed by atoms with Gasteiger partial charge in [-0.05, 0) is 30.7 Å². The Morgan fingerprint density at radius 1 is 1.26 bits per heavy atom. The van der Waals surface area contributed by atoms with E-state index in [0.717, 1.165) is 30.0 Å². The van der Waals surface area contributed by atoms with Gasteiger partial charge in [-0.1, -0.05) is 13.0 Å². The van der Waals surface area contributed by atoms with E-state index in [0.29, 0.717) is 19.0 Å². The van der Waals surface area contributed by atoms with Gasteiger partial charge in [-0.3, -0.25) is 4.21 Å². The summed E-state index contributed by atoms with van der Waals surface area (Å²) in [4.78, 5) is 0. The maximum atomic E-state index is 12.1. The third-order valence-corrected chi connectivity index (χ3v) is 5.49. The van der Waals surface area contributed by atoms with Crippen LogP contribution in [-0.2, 0) is 10.8 Å². The van der Waals surface area contributed by atoms with Crippen LogP contribution in [0, 0.1) is 0 Å². The van der Waals surface area contributed by atoms with Crippen molar-refractivity contribution in [1.82, 2.24) is 5.32 Å². The van der Waals surface area contributed by atoms with Gasteiger partial charge in [-0.25, -0.2) is 0 Å². The molecule has 0 bridgehead atoms. The SMILES string of the molecule is CC1CCNC(c2ccc3c(c2)OCCO3)CS1=O. The van der Waals surface area contributed by atoms with Gasteiger partial charge in [0.1, 0.15) is 13.2 Å². The molecule has 0 spiro atoms. The lowest BCUT2D eigenvalue weighted by Crippen LogP contribution is -2.24. The lowest BCUT2D eigenvalue weighted by atomic mass is 10.1. The van der Waals surface area contributed by atoms with Gasteiger partial charge in [-0.15, -0.1) is 0 Å². The Balaban J connectivity index is 1.83. The van der Waals surface area contributed by atoms with Crippen molar-refractivity contribution in [1.29, 1.82) is 0 Å². The van der Waals surface area contributed by atoms with Crippen LogP contribution in [-0.4, -0.2) is 35.0 Å². The minimum Gasteiger partial charge on any atom is -0.486 e. The zero-order valence-corrected chi connectivity index (χ0v) is 11.9. The van der Waals surface area contributed by atoms with Crippen molar-refractivity contribution in [2.24, 2.45) is 0 Å². The highest BCUT2D eigenvalue weighted by Gasteiger charge is 2.24. The van der Waals surface area contributed by atoms with Gasteiger partial charge in [0.15, 0.2) is 11.5 Å². The van der Waals surface area contributed by atoms with E-state index in [9.17, 15) is 4.21 Å². The van der Waals surface area contributed by atoms with Gasteiger partial charge in [0.25, 0.3) is 0 Å². The Morgan fingerprint density at radius 3 is 2.89 bits per heavy atom. The lowest BCUT2D eigenvalue weighted by molar-refractivity contribution is 0.171. The van der Waals surface area contributed by atoms with Gasteiger partial charge in [0.05, 0.1) is 0 Å². The molecule has 5 heteroatoms. The Bertz CT molecular complexity index is 492. The Hall–Kier alpha value is -1.07. The maximum absolute atomic E-state index is 12.1. The molecule has 1 saturated heterocycles. The molecule has 3 unspecified atom stereocenters. The van der Waals surface area contributed by atoms with E-state index < -0.39 is 10.8 Å². The first-order valence-electron chi connectivity index (χ1n) is 6.74. The molecule has 0 amide bonds. The number of rotatable bonds is 1. The van der Waals surface area contributed by atoms with Crippen molar-refractivity contribution in [3.63, 3.8) is 0 Å². The van der Waals surface area contributed by atoms with E-state index in [2.05, 4.69) is 12.2 Å². The Morgan fingerprint density at radius 2 is 2.05 bits per heavy atom. The van der Waals surface area contributed by atoms with E-state index in [4.69, 9.17) is 9.47 Å². The van der Waals surface area contributed by atoms with Crippen LogP contribution < -0.4 is 14.8 Å². The molecule has 1 aromatic rings. The van der Waals surface area contributed by atoms with Crippen molar-refractivity contribution in [2.45, 2.75) is 24.6 Å². The minimum atomic E-state index is -0.769. The van der Waals surface area contributed by atoms with Crippen molar-refractivity contribution in [2.75, 3.05) is 25.5 Å². The summed E-state index contributed by atoms with van der Waals surface area (Å²) in [5.74, 6) is 2.27. The first kappa shape index (κ1) is 12.9. The fraction of sp³-hybridized carbons (Fsp3) is 0.571. The molecular weight excluding hydrogens is 262 g/mol. The highest BCUT2D eigenvalue weighted by Crippen LogP contribution is 2.33. The molecule has 104 valence electrons. The third kappa shape index (κ3) is 2.77. The molecule has 2 heterocycles. The average molecular weight is 281 g/mol. The molecule has 1 N–H and O–H groups in total. The van der Waals surface area contributed by atoms with E-state index in [1.54, 1.807) is 0 Å². The molecule has 4 nitrogen and oxygen atoms in total. The first-order valence-corrected chi connectivity index (χ1v) is 8.12. The van der Waals surface area contributed by atoms with Crippen molar-refractivity contribution in [3.05, 3.63) is 23.8 Å². The molecule has 1 aromatic carbocycles. The van der Waals surface area contributed by atoms with Crippen LogP contribution in [0.3, 0.4) is 0 Å². The largest absolute Gasteiger partial charge is 0.486 e. The topological polar surface area (TPSA) is 47.6 Å². The van der Waals surface area contributed by atoms with E-state index in [1.165, 1.54) is 0 Å². The maximum Gasteiger partial charge on any atom is 0.161 e. The minimum absolute atomic E-state index is 0.140. The van der Waals surface area contributed by atoms with Gasteiger partial charge < -0.3 is 14.8 Å². The summed E-state index contributed by atoms with van der Waals surface area (Å²) in [5.41, 5.74) is 1.13. The fourth-order valence-electron chi connectivity index (χ4n) is 2.47. The lowest BCUT2D eigenvalue weighted by Gasteiger charge is -2.21. The van der Waals surface area contributed by atoms with Crippen LogP contribution in [0.5, 0.6) is 11.5 Å². The second kappa shape index (κ2) is 5.51. The summed E-state index contributed by atoms with van der Waals surface area (Å²) >= 11 is 0.